The van der Waals surface area contributed by atoms with E-state index in [9.17, 15) is 4.79 Å². The van der Waals surface area contributed by atoms with Gasteiger partial charge in [-0.2, -0.15) is 0 Å². The van der Waals surface area contributed by atoms with Crippen molar-refractivity contribution in [3.05, 3.63) is 36.2 Å². The van der Waals surface area contributed by atoms with E-state index in [1.807, 2.05) is 11.0 Å². The maximum atomic E-state index is 12.6. The molecule has 1 amide bonds. The Morgan fingerprint density at radius 2 is 2.15 bits per heavy atom. The number of benzene rings is 1. The molecular weight excluding hydrogens is 254 g/mol. The third-order valence-electron chi connectivity index (χ3n) is 3.60. The van der Waals surface area contributed by atoms with Crippen LogP contribution in [0.15, 0.2) is 30.6 Å². The topological polar surface area (TPSA) is 84.1 Å². The van der Waals surface area contributed by atoms with E-state index < -0.39 is 0 Å². The Kier molecular flexibility index (Phi) is 3.58. The van der Waals surface area contributed by atoms with Gasteiger partial charge in [-0.05, 0) is 18.2 Å². The summed E-state index contributed by atoms with van der Waals surface area (Å²) >= 11 is 0. The summed E-state index contributed by atoms with van der Waals surface area (Å²) in [6.45, 7) is 2.69. The Morgan fingerprint density at radius 3 is 2.95 bits per heavy atom. The number of hydrogen-bond acceptors (Lipinski definition) is 5. The molecule has 1 aromatic carbocycles. The lowest BCUT2D eigenvalue weighted by atomic mass is 10.1. The van der Waals surface area contributed by atoms with E-state index in [2.05, 4.69) is 15.3 Å². The fraction of sp³-hybridized carbons (Fsp3) is 0.357. The Bertz CT molecular complexity index is 630. The summed E-state index contributed by atoms with van der Waals surface area (Å²) in [4.78, 5) is 22.9. The summed E-state index contributed by atoms with van der Waals surface area (Å²) in [5.41, 5.74) is 7.91. The number of piperazine rings is 1. The first kappa shape index (κ1) is 13.0. The van der Waals surface area contributed by atoms with Crippen LogP contribution >= 0.6 is 0 Å². The molecular formula is C14H17N5O. The van der Waals surface area contributed by atoms with Crippen LogP contribution in [0.1, 0.15) is 10.4 Å². The number of carbonyl (C=O) groups is 1. The third-order valence-corrected chi connectivity index (χ3v) is 3.60. The molecule has 3 rings (SSSR count). The van der Waals surface area contributed by atoms with Crippen molar-refractivity contribution >= 4 is 16.9 Å². The van der Waals surface area contributed by atoms with Gasteiger partial charge in [-0.25, -0.2) is 0 Å². The lowest BCUT2D eigenvalue weighted by Crippen LogP contribution is -2.56. The van der Waals surface area contributed by atoms with Crippen LogP contribution in [-0.2, 0) is 0 Å². The van der Waals surface area contributed by atoms with Crippen molar-refractivity contribution in [1.29, 1.82) is 0 Å². The highest BCUT2D eigenvalue weighted by atomic mass is 16.2. The van der Waals surface area contributed by atoms with Gasteiger partial charge in [0, 0.05) is 44.1 Å². The summed E-state index contributed by atoms with van der Waals surface area (Å²) in [7, 11) is 0. The van der Waals surface area contributed by atoms with Crippen molar-refractivity contribution in [3.63, 3.8) is 0 Å². The van der Waals surface area contributed by atoms with Crippen LogP contribution in [0.3, 0.4) is 0 Å². The van der Waals surface area contributed by atoms with Gasteiger partial charge in [0.2, 0.25) is 0 Å². The Balaban J connectivity index is 1.91. The SMILES string of the molecule is NCC1CNCCN1C(=O)c1ccc2nccnc2c1. The number of carbonyl (C=O) groups excluding carboxylic acids is 1. The molecule has 0 saturated carbocycles. The summed E-state index contributed by atoms with van der Waals surface area (Å²) in [6, 6.07) is 5.47. The molecule has 104 valence electrons. The van der Waals surface area contributed by atoms with E-state index in [0.717, 1.165) is 24.1 Å². The second-order valence-corrected chi connectivity index (χ2v) is 4.85. The quantitative estimate of drug-likeness (QED) is 0.803. The number of amides is 1. The first-order chi connectivity index (χ1) is 9.79. The Morgan fingerprint density at radius 1 is 1.35 bits per heavy atom. The summed E-state index contributed by atoms with van der Waals surface area (Å²) < 4.78 is 0. The number of aromatic nitrogens is 2. The van der Waals surface area contributed by atoms with Crippen LogP contribution < -0.4 is 11.1 Å². The smallest absolute Gasteiger partial charge is 0.254 e. The fourth-order valence-electron chi connectivity index (χ4n) is 2.50. The lowest BCUT2D eigenvalue weighted by molar-refractivity contribution is 0.0645. The van der Waals surface area contributed by atoms with Gasteiger partial charge in [0.15, 0.2) is 0 Å². The van der Waals surface area contributed by atoms with Gasteiger partial charge in [-0.1, -0.05) is 0 Å². The molecule has 1 aliphatic heterocycles. The van der Waals surface area contributed by atoms with Gasteiger partial charge in [-0.15, -0.1) is 0 Å². The van der Waals surface area contributed by atoms with Crippen LogP contribution in [0.2, 0.25) is 0 Å². The zero-order chi connectivity index (χ0) is 13.9. The maximum absolute atomic E-state index is 12.6. The standard InChI is InChI=1S/C14H17N5O/c15-8-11-9-16-5-6-19(11)14(20)10-1-2-12-13(7-10)18-4-3-17-12/h1-4,7,11,16H,5-6,8-9,15H2. The van der Waals surface area contributed by atoms with Crippen molar-refractivity contribution in [1.82, 2.24) is 20.2 Å². The molecule has 6 nitrogen and oxygen atoms in total. The summed E-state index contributed by atoms with van der Waals surface area (Å²) in [5.74, 6) is 0.00880. The number of rotatable bonds is 2. The largest absolute Gasteiger partial charge is 0.332 e. The van der Waals surface area contributed by atoms with E-state index in [1.165, 1.54) is 0 Å². The van der Waals surface area contributed by atoms with Crippen molar-refractivity contribution in [3.8, 4) is 0 Å². The van der Waals surface area contributed by atoms with Gasteiger partial charge in [0.05, 0.1) is 17.1 Å². The minimum atomic E-state index is 0.00880. The van der Waals surface area contributed by atoms with E-state index in [1.54, 1.807) is 24.5 Å². The monoisotopic (exact) mass is 271 g/mol. The van der Waals surface area contributed by atoms with E-state index in [4.69, 9.17) is 5.73 Å². The molecule has 1 unspecified atom stereocenters. The van der Waals surface area contributed by atoms with E-state index in [-0.39, 0.29) is 11.9 Å². The first-order valence-corrected chi connectivity index (χ1v) is 6.72. The highest BCUT2D eigenvalue weighted by Crippen LogP contribution is 2.15. The molecule has 20 heavy (non-hydrogen) atoms. The number of nitrogens with zero attached hydrogens (tertiary/aromatic N) is 3. The molecule has 6 heteroatoms. The number of fused-ring (bicyclic) bond motifs is 1. The van der Waals surface area contributed by atoms with Gasteiger partial charge in [0.1, 0.15) is 0 Å². The van der Waals surface area contributed by atoms with E-state index >= 15 is 0 Å². The van der Waals surface area contributed by atoms with Gasteiger partial charge >= 0.3 is 0 Å². The Labute approximate surface area is 117 Å². The minimum absolute atomic E-state index is 0.00880. The molecule has 3 N–H and O–H groups in total. The molecule has 0 radical (unpaired) electrons. The zero-order valence-corrected chi connectivity index (χ0v) is 11.1. The fourth-order valence-corrected chi connectivity index (χ4v) is 2.50. The summed E-state index contributed by atoms with van der Waals surface area (Å²) in [5, 5.41) is 3.26. The second-order valence-electron chi connectivity index (χ2n) is 4.85. The molecule has 2 heterocycles. The highest BCUT2D eigenvalue weighted by molar-refractivity contribution is 5.97. The summed E-state index contributed by atoms with van der Waals surface area (Å²) in [6.07, 6.45) is 3.27. The number of nitrogens with two attached hydrogens (primary N) is 1. The molecule has 0 spiro atoms. The van der Waals surface area contributed by atoms with Crippen molar-refractivity contribution in [2.24, 2.45) is 5.73 Å². The average Bonchev–Trinajstić information content (AvgIpc) is 2.53. The van der Waals surface area contributed by atoms with Crippen LogP contribution in [0.4, 0.5) is 0 Å². The lowest BCUT2D eigenvalue weighted by Gasteiger charge is -2.35. The predicted octanol–water partition coefficient (Wildman–Crippen LogP) is 0.00250. The molecule has 1 aromatic heterocycles. The van der Waals surface area contributed by atoms with E-state index in [0.29, 0.717) is 18.7 Å². The normalized spacial score (nSPS) is 19.2. The molecule has 1 saturated heterocycles. The maximum Gasteiger partial charge on any atom is 0.254 e. The predicted molar refractivity (Wildman–Crippen MR) is 76.3 cm³/mol. The number of nitrogens with one attached hydrogen (secondary N) is 1. The van der Waals surface area contributed by atoms with Crippen molar-refractivity contribution in [2.45, 2.75) is 6.04 Å². The average molecular weight is 271 g/mol. The molecule has 2 aromatic rings. The molecule has 1 atom stereocenters. The van der Waals surface area contributed by atoms with Crippen LogP contribution in [-0.4, -0.2) is 53.0 Å². The number of hydrogen-bond donors (Lipinski definition) is 2. The van der Waals surface area contributed by atoms with Crippen molar-refractivity contribution < 1.29 is 4.79 Å². The molecule has 1 fully saturated rings. The van der Waals surface area contributed by atoms with Crippen LogP contribution in [0.25, 0.3) is 11.0 Å². The minimum Gasteiger partial charge on any atom is -0.332 e. The second kappa shape index (κ2) is 5.52. The van der Waals surface area contributed by atoms with Crippen LogP contribution in [0, 0.1) is 0 Å². The molecule has 1 aliphatic rings. The van der Waals surface area contributed by atoms with Gasteiger partial charge in [-0.3, -0.25) is 14.8 Å². The molecule has 0 bridgehead atoms. The van der Waals surface area contributed by atoms with Crippen LogP contribution in [0.5, 0.6) is 0 Å². The molecule has 0 aliphatic carbocycles. The highest BCUT2D eigenvalue weighted by Gasteiger charge is 2.26. The van der Waals surface area contributed by atoms with Gasteiger partial charge in [0.25, 0.3) is 5.91 Å². The Hall–Kier alpha value is -2.05. The first-order valence-electron chi connectivity index (χ1n) is 6.72. The zero-order valence-electron chi connectivity index (χ0n) is 11.1. The third kappa shape index (κ3) is 2.35. The van der Waals surface area contributed by atoms with Crippen molar-refractivity contribution in [2.75, 3.05) is 26.2 Å². The van der Waals surface area contributed by atoms with Gasteiger partial charge < -0.3 is 16.0 Å².